The summed E-state index contributed by atoms with van der Waals surface area (Å²) in [6, 6.07) is 10.8. The lowest BCUT2D eigenvalue weighted by molar-refractivity contribution is -0.137. The number of fused-ring (bicyclic) bond motifs is 4. The second-order valence-corrected chi connectivity index (χ2v) is 9.13. The zero-order valence-corrected chi connectivity index (χ0v) is 17.8. The van der Waals surface area contributed by atoms with Crippen molar-refractivity contribution >= 4 is 6.09 Å². The Morgan fingerprint density at radius 3 is 2.56 bits per heavy atom. The Balaban J connectivity index is 1.36. The van der Waals surface area contributed by atoms with Crippen molar-refractivity contribution in [1.82, 2.24) is 10.2 Å². The summed E-state index contributed by atoms with van der Waals surface area (Å²) in [7, 11) is 0. The summed E-state index contributed by atoms with van der Waals surface area (Å²) in [4.78, 5) is 15.0. The van der Waals surface area contributed by atoms with E-state index in [0.717, 1.165) is 68.9 Å². The molecule has 0 saturated carbocycles. The average molecular weight is 444 g/mol. The maximum absolute atomic E-state index is 13.5. The number of piperidine rings is 3. The predicted octanol–water partition coefficient (Wildman–Crippen LogP) is 5.57. The van der Waals surface area contributed by atoms with Gasteiger partial charge in [-0.25, -0.2) is 4.79 Å². The third-order valence-corrected chi connectivity index (χ3v) is 7.15. The van der Waals surface area contributed by atoms with Gasteiger partial charge in [0.25, 0.3) is 0 Å². The number of nitrogens with zero attached hydrogens (tertiary/aromatic N) is 1. The fourth-order valence-electron chi connectivity index (χ4n) is 5.46. The number of carbonyl (C=O) groups excluding carboxylic acids is 1. The highest BCUT2D eigenvalue weighted by Gasteiger charge is 2.37. The van der Waals surface area contributed by atoms with Crippen LogP contribution in [-0.2, 0) is 17.3 Å². The van der Waals surface area contributed by atoms with E-state index in [1.807, 2.05) is 6.07 Å². The zero-order chi connectivity index (χ0) is 22.3. The van der Waals surface area contributed by atoms with Gasteiger partial charge in [0.2, 0.25) is 0 Å². The molecule has 2 atom stereocenters. The topological polar surface area (TPSA) is 41.6 Å². The molecule has 3 aliphatic heterocycles. The van der Waals surface area contributed by atoms with Gasteiger partial charge in [-0.05, 0) is 85.5 Å². The standard InChI is InChI=1S/C25H27F3N2O2/c26-25(27,28)21-6-2-1-5-19(21)18-9-8-16-4-3-7-22(20(16)14-18)29-24(31)32-23-15-30-12-10-17(23)11-13-30/h1-2,5-6,8-9,14,17,22-23H,3-4,7,10-13,15H2,(H,29,31)/t22?,23-/m0/s1. The predicted molar refractivity (Wildman–Crippen MR) is 115 cm³/mol. The zero-order valence-electron chi connectivity index (χ0n) is 17.8. The molecule has 1 aliphatic carbocycles. The van der Waals surface area contributed by atoms with Crippen LogP contribution >= 0.6 is 0 Å². The number of alkyl carbamates (subject to hydrolysis) is 1. The Morgan fingerprint density at radius 1 is 1.06 bits per heavy atom. The van der Waals surface area contributed by atoms with Gasteiger partial charge < -0.3 is 10.1 Å². The van der Waals surface area contributed by atoms with Gasteiger partial charge >= 0.3 is 12.3 Å². The fraction of sp³-hybridized carbons (Fsp3) is 0.480. The van der Waals surface area contributed by atoms with Crippen molar-refractivity contribution in [2.45, 2.75) is 50.4 Å². The van der Waals surface area contributed by atoms with Crippen molar-refractivity contribution < 1.29 is 22.7 Å². The van der Waals surface area contributed by atoms with Crippen LogP contribution in [0.15, 0.2) is 42.5 Å². The Morgan fingerprint density at radius 2 is 1.84 bits per heavy atom. The number of rotatable bonds is 3. The van der Waals surface area contributed by atoms with E-state index >= 15 is 0 Å². The first-order valence-corrected chi connectivity index (χ1v) is 11.4. The first-order chi connectivity index (χ1) is 15.4. The average Bonchev–Trinajstić information content (AvgIpc) is 2.79. The lowest BCUT2D eigenvalue weighted by Gasteiger charge is -2.44. The van der Waals surface area contributed by atoms with Crippen LogP contribution in [-0.4, -0.2) is 36.7 Å². The van der Waals surface area contributed by atoms with Crippen LogP contribution in [0.3, 0.4) is 0 Å². The van der Waals surface area contributed by atoms with E-state index in [9.17, 15) is 18.0 Å². The van der Waals surface area contributed by atoms with Gasteiger partial charge in [-0.3, -0.25) is 4.90 Å². The lowest BCUT2D eigenvalue weighted by atomic mass is 9.85. The van der Waals surface area contributed by atoms with E-state index in [1.165, 1.54) is 12.1 Å². The summed E-state index contributed by atoms with van der Waals surface area (Å²) >= 11 is 0. The maximum Gasteiger partial charge on any atom is 0.417 e. The number of alkyl halides is 3. The van der Waals surface area contributed by atoms with Gasteiger partial charge in [0.1, 0.15) is 6.10 Å². The molecule has 2 aromatic carbocycles. The molecule has 2 aromatic rings. The van der Waals surface area contributed by atoms with E-state index in [4.69, 9.17) is 4.74 Å². The summed E-state index contributed by atoms with van der Waals surface area (Å²) in [5.41, 5.74) is 1.97. The summed E-state index contributed by atoms with van der Waals surface area (Å²) in [6.07, 6.45) is -0.304. The quantitative estimate of drug-likeness (QED) is 0.673. The molecule has 3 fully saturated rings. The normalized spacial score (nSPS) is 27.0. The minimum atomic E-state index is -4.43. The van der Waals surface area contributed by atoms with Crippen LogP contribution in [0.2, 0.25) is 0 Å². The van der Waals surface area contributed by atoms with Crippen LogP contribution in [0.4, 0.5) is 18.0 Å². The van der Waals surface area contributed by atoms with E-state index in [1.54, 1.807) is 18.2 Å². The number of halogens is 3. The van der Waals surface area contributed by atoms with Crippen LogP contribution in [0.1, 0.15) is 48.4 Å². The molecule has 2 bridgehead atoms. The minimum Gasteiger partial charge on any atom is -0.445 e. The monoisotopic (exact) mass is 444 g/mol. The molecule has 0 spiro atoms. The van der Waals surface area contributed by atoms with Gasteiger partial charge in [-0.2, -0.15) is 13.2 Å². The highest BCUT2D eigenvalue weighted by Crippen LogP contribution is 2.39. The molecule has 6 rings (SSSR count). The number of carbonyl (C=O) groups is 1. The van der Waals surface area contributed by atoms with Crippen molar-refractivity contribution in [2.24, 2.45) is 5.92 Å². The molecule has 1 N–H and O–H groups in total. The molecule has 170 valence electrons. The number of aryl methyl sites for hydroxylation is 1. The Bertz CT molecular complexity index is 999. The molecule has 0 aromatic heterocycles. The van der Waals surface area contributed by atoms with E-state index in [2.05, 4.69) is 10.2 Å². The number of hydrogen-bond acceptors (Lipinski definition) is 3. The highest BCUT2D eigenvalue weighted by atomic mass is 19.4. The third kappa shape index (κ3) is 4.22. The number of amides is 1. The molecular weight excluding hydrogens is 417 g/mol. The summed E-state index contributed by atoms with van der Waals surface area (Å²) < 4.78 is 46.4. The Labute approximate surface area is 185 Å². The fourth-order valence-corrected chi connectivity index (χ4v) is 5.46. The molecule has 1 amide bonds. The van der Waals surface area contributed by atoms with Crippen LogP contribution in [0.25, 0.3) is 11.1 Å². The molecule has 4 nitrogen and oxygen atoms in total. The number of ether oxygens (including phenoxy) is 1. The molecule has 32 heavy (non-hydrogen) atoms. The van der Waals surface area contributed by atoms with Crippen molar-refractivity contribution in [2.75, 3.05) is 19.6 Å². The molecule has 3 heterocycles. The van der Waals surface area contributed by atoms with E-state index in [-0.39, 0.29) is 17.7 Å². The van der Waals surface area contributed by atoms with Crippen LogP contribution in [0, 0.1) is 5.92 Å². The number of hydrogen-bond donors (Lipinski definition) is 1. The molecule has 0 radical (unpaired) electrons. The first kappa shape index (κ1) is 21.3. The molecule has 4 aliphatic rings. The van der Waals surface area contributed by atoms with E-state index < -0.39 is 17.8 Å². The number of benzene rings is 2. The largest absolute Gasteiger partial charge is 0.445 e. The lowest BCUT2D eigenvalue weighted by Crippen LogP contribution is -2.52. The highest BCUT2D eigenvalue weighted by molar-refractivity contribution is 5.71. The van der Waals surface area contributed by atoms with Crippen molar-refractivity contribution in [3.8, 4) is 11.1 Å². The van der Waals surface area contributed by atoms with Gasteiger partial charge in [-0.1, -0.05) is 30.3 Å². The first-order valence-electron chi connectivity index (χ1n) is 11.4. The molecule has 1 unspecified atom stereocenters. The van der Waals surface area contributed by atoms with Crippen molar-refractivity contribution in [1.29, 1.82) is 0 Å². The summed E-state index contributed by atoms with van der Waals surface area (Å²) in [5, 5.41) is 3.00. The van der Waals surface area contributed by atoms with Crippen molar-refractivity contribution in [3.63, 3.8) is 0 Å². The van der Waals surface area contributed by atoms with Gasteiger partial charge in [0.05, 0.1) is 11.6 Å². The van der Waals surface area contributed by atoms with Crippen molar-refractivity contribution in [3.05, 3.63) is 59.2 Å². The summed E-state index contributed by atoms with van der Waals surface area (Å²) in [6.45, 7) is 2.94. The smallest absolute Gasteiger partial charge is 0.417 e. The third-order valence-electron chi connectivity index (χ3n) is 7.15. The number of nitrogens with one attached hydrogen (secondary N) is 1. The second kappa shape index (κ2) is 8.43. The van der Waals surface area contributed by atoms with Crippen LogP contribution < -0.4 is 5.32 Å². The maximum atomic E-state index is 13.5. The molecule has 7 heteroatoms. The van der Waals surface area contributed by atoms with E-state index in [0.29, 0.717) is 11.5 Å². The SMILES string of the molecule is O=C(NC1CCCc2ccc(-c3ccccc3C(F)(F)F)cc21)O[C@H]1CN2CCC1CC2. The molecular formula is C25H27F3N2O2. The second-order valence-electron chi connectivity index (χ2n) is 9.13. The minimum absolute atomic E-state index is 0.0782. The Hall–Kier alpha value is -2.54. The van der Waals surface area contributed by atoms with Gasteiger partial charge in [0.15, 0.2) is 0 Å². The van der Waals surface area contributed by atoms with Gasteiger partial charge in [0, 0.05) is 6.54 Å². The summed E-state index contributed by atoms with van der Waals surface area (Å²) in [5.74, 6) is 0.426. The molecule has 3 saturated heterocycles. The van der Waals surface area contributed by atoms with Gasteiger partial charge in [-0.15, -0.1) is 0 Å². The van der Waals surface area contributed by atoms with Crippen LogP contribution in [0.5, 0.6) is 0 Å². The Kier molecular flexibility index (Phi) is 5.61.